The number of sulfonamides is 1. The average Bonchev–Trinajstić information content (AvgIpc) is 2.67. The number of rotatable bonds is 8. The minimum Gasteiger partial charge on any atom is -0.448 e. The molecule has 104 valence electrons. The first-order chi connectivity index (χ1) is 8.43. The minimum atomic E-state index is -3.08. The quantitative estimate of drug-likeness (QED) is 0.741. The molecule has 0 spiro atoms. The lowest BCUT2D eigenvalue weighted by molar-refractivity contribution is 0.414. The van der Waals surface area contributed by atoms with Crippen LogP contribution in [0.15, 0.2) is 16.5 Å². The van der Waals surface area contributed by atoms with E-state index in [9.17, 15) is 8.42 Å². The van der Waals surface area contributed by atoms with Crippen LogP contribution in [0.4, 0.5) is 0 Å². The summed E-state index contributed by atoms with van der Waals surface area (Å²) >= 11 is 5.64. The molecule has 0 aliphatic rings. The molecule has 1 rings (SSSR count). The Balaban J connectivity index is 2.19. The average molecular weight is 295 g/mol. The van der Waals surface area contributed by atoms with Crippen LogP contribution < -0.4 is 5.32 Å². The number of furan rings is 1. The summed E-state index contributed by atoms with van der Waals surface area (Å²) in [5, 5.41) is 3.55. The van der Waals surface area contributed by atoms with Crippen molar-refractivity contribution in [2.45, 2.75) is 19.9 Å². The van der Waals surface area contributed by atoms with Crippen molar-refractivity contribution < 1.29 is 12.8 Å². The maximum Gasteiger partial charge on any atom is 0.211 e. The highest BCUT2D eigenvalue weighted by atomic mass is 35.5. The number of nitrogens with zero attached hydrogens (tertiary/aromatic N) is 1. The van der Waals surface area contributed by atoms with E-state index in [1.807, 2.05) is 13.0 Å². The lowest BCUT2D eigenvalue weighted by Gasteiger charge is -2.17. The van der Waals surface area contributed by atoms with Crippen molar-refractivity contribution in [3.8, 4) is 0 Å². The SMILES string of the molecule is CCN(CCCNCc1ccc(Cl)o1)S(C)(=O)=O. The summed E-state index contributed by atoms with van der Waals surface area (Å²) < 4.78 is 29.3. The smallest absolute Gasteiger partial charge is 0.211 e. The van der Waals surface area contributed by atoms with Crippen LogP contribution in [-0.2, 0) is 16.6 Å². The van der Waals surface area contributed by atoms with Gasteiger partial charge in [0.25, 0.3) is 0 Å². The predicted octanol–water partition coefficient (Wildman–Crippen LogP) is 1.69. The second-order valence-electron chi connectivity index (χ2n) is 3.99. The van der Waals surface area contributed by atoms with Gasteiger partial charge in [-0.1, -0.05) is 6.92 Å². The van der Waals surface area contributed by atoms with Crippen molar-refractivity contribution in [2.75, 3.05) is 25.9 Å². The van der Waals surface area contributed by atoms with Crippen LogP contribution in [0.1, 0.15) is 19.1 Å². The molecule has 18 heavy (non-hydrogen) atoms. The van der Waals surface area contributed by atoms with E-state index in [-0.39, 0.29) is 0 Å². The minimum absolute atomic E-state index is 0.376. The Hall–Kier alpha value is -0.560. The molecule has 0 bridgehead atoms. The zero-order valence-corrected chi connectivity index (χ0v) is 12.2. The molecule has 7 heteroatoms. The third-order valence-electron chi connectivity index (χ3n) is 2.51. The van der Waals surface area contributed by atoms with Gasteiger partial charge in [0, 0.05) is 13.1 Å². The normalized spacial score (nSPS) is 12.2. The summed E-state index contributed by atoms with van der Waals surface area (Å²) in [7, 11) is -3.08. The molecular weight excluding hydrogens is 276 g/mol. The van der Waals surface area contributed by atoms with Crippen molar-refractivity contribution in [3.63, 3.8) is 0 Å². The molecule has 1 aromatic rings. The molecule has 0 aliphatic heterocycles. The highest BCUT2D eigenvalue weighted by Crippen LogP contribution is 2.12. The fraction of sp³-hybridized carbons (Fsp3) is 0.636. The number of hydrogen-bond donors (Lipinski definition) is 1. The van der Waals surface area contributed by atoms with E-state index in [0.717, 1.165) is 18.7 Å². The molecule has 0 saturated carbocycles. The molecule has 0 aromatic carbocycles. The molecular formula is C11H19ClN2O3S. The summed E-state index contributed by atoms with van der Waals surface area (Å²) in [5.41, 5.74) is 0. The first-order valence-corrected chi connectivity index (χ1v) is 8.06. The molecule has 0 radical (unpaired) electrons. The maximum absolute atomic E-state index is 11.3. The Labute approximate surface area is 113 Å². The first-order valence-electron chi connectivity index (χ1n) is 5.83. The van der Waals surface area contributed by atoms with E-state index in [1.165, 1.54) is 10.6 Å². The summed E-state index contributed by atoms with van der Waals surface area (Å²) in [6, 6.07) is 3.51. The maximum atomic E-state index is 11.3. The zero-order valence-electron chi connectivity index (χ0n) is 10.6. The fourth-order valence-electron chi connectivity index (χ4n) is 1.60. The molecule has 0 aliphatic carbocycles. The Morgan fingerprint density at radius 1 is 1.44 bits per heavy atom. The van der Waals surface area contributed by atoms with Gasteiger partial charge in [0.1, 0.15) is 5.76 Å². The third kappa shape index (κ3) is 5.39. The molecule has 1 heterocycles. The lowest BCUT2D eigenvalue weighted by atomic mass is 10.4. The second kappa shape index (κ2) is 7.13. The van der Waals surface area contributed by atoms with E-state index >= 15 is 0 Å². The van der Waals surface area contributed by atoms with E-state index in [1.54, 1.807) is 6.07 Å². The van der Waals surface area contributed by atoms with Gasteiger partial charge >= 0.3 is 0 Å². The largest absolute Gasteiger partial charge is 0.448 e. The highest BCUT2D eigenvalue weighted by Gasteiger charge is 2.12. The van der Waals surface area contributed by atoms with Gasteiger partial charge < -0.3 is 9.73 Å². The van der Waals surface area contributed by atoms with Gasteiger partial charge in [-0.25, -0.2) is 12.7 Å². The molecule has 5 nitrogen and oxygen atoms in total. The summed E-state index contributed by atoms with van der Waals surface area (Å²) in [4.78, 5) is 0. The van der Waals surface area contributed by atoms with Crippen molar-refractivity contribution in [3.05, 3.63) is 23.1 Å². The summed E-state index contributed by atoms with van der Waals surface area (Å²) in [6.45, 7) is 4.19. The fourth-order valence-corrected chi connectivity index (χ4v) is 2.69. The van der Waals surface area contributed by atoms with Crippen LogP contribution in [0.3, 0.4) is 0 Å². The monoisotopic (exact) mass is 294 g/mol. The van der Waals surface area contributed by atoms with Crippen LogP contribution in [-0.4, -0.2) is 38.6 Å². The number of nitrogens with one attached hydrogen (secondary N) is 1. The Kier molecular flexibility index (Phi) is 6.14. The Bertz CT molecular complexity index is 459. The lowest BCUT2D eigenvalue weighted by Crippen LogP contribution is -2.32. The molecule has 0 atom stereocenters. The number of halogens is 1. The van der Waals surface area contributed by atoms with Crippen LogP contribution in [0.5, 0.6) is 0 Å². The topological polar surface area (TPSA) is 62.6 Å². The van der Waals surface area contributed by atoms with E-state index in [0.29, 0.717) is 24.9 Å². The van der Waals surface area contributed by atoms with Gasteiger partial charge in [-0.3, -0.25) is 0 Å². The van der Waals surface area contributed by atoms with Gasteiger partial charge in [-0.2, -0.15) is 0 Å². The van der Waals surface area contributed by atoms with E-state index in [2.05, 4.69) is 5.32 Å². The highest BCUT2D eigenvalue weighted by molar-refractivity contribution is 7.88. The van der Waals surface area contributed by atoms with E-state index < -0.39 is 10.0 Å². The van der Waals surface area contributed by atoms with Gasteiger partial charge in [-0.05, 0) is 36.7 Å². The van der Waals surface area contributed by atoms with Gasteiger partial charge in [0.05, 0.1) is 12.8 Å². The van der Waals surface area contributed by atoms with Gasteiger partial charge in [0.2, 0.25) is 10.0 Å². The molecule has 0 amide bonds. The van der Waals surface area contributed by atoms with Gasteiger partial charge in [0.15, 0.2) is 5.22 Å². The second-order valence-corrected chi connectivity index (χ2v) is 6.35. The Morgan fingerprint density at radius 2 is 2.17 bits per heavy atom. The van der Waals surface area contributed by atoms with Crippen LogP contribution in [0, 0.1) is 0 Å². The molecule has 0 fully saturated rings. The van der Waals surface area contributed by atoms with Crippen molar-refractivity contribution in [1.29, 1.82) is 0 Å². The van der Waals surface area contributed by atoms with Crippen LogP contribution in [0.2, 0.25) is 5.22 Å². The number of hydrogen-bond acceptors (Lipinski definition) is 4. The third-order valence-corrected chi connectivity index (χ3v) is 4.09. The molecule has 0 unspecified atom stereocenters. The predicted molar refractivity (Wildman–Crippen MR) is 72.1 cm³/mol. The van der Waals surface area contributed by atoms with Crippen molar-refractivity contribution in [1.82, 2.24) is 9.62 Å². The summed E-state index contributed by atoms with van der Waals surface area (Å²) in [5.74, 6) is 0.774. The van der Waals surface area contributed by atoms with Crippen molar-refractivity contribution >= 4 is 21.6 Å². The molecule has 0 saturated heterocycles. The Morgan fingerprint density at radius 3 is 2.67 bits per heavy atom. The van der Waals surface area contributed by atoms with Crippen LogP contribution in [0.25, 0.3) is 0 Å². The first kappa shape index (κ1) is 15.5. The zero-order chi connectivity index (χ0) is 13.6. The van der Waals surface area contributed by atoms with E-state index in [4.69, 9.17) is 16.0 Å². The van der Waals surface area contributed by atoms with Crippen molar-refractivity contribution in [2.24, 2.45) is 0 Å². The van der Waals surface area contributed by atoms with Gasteiger partial charge in [-0.15, -0.1) is 0 Å². The van der Waals surface area contributed by atoms with Crippen LogP contribution >= 0.6 is 11.6 Å². The molecule has 1 aromatic heterocycles. The standard InChI is InChI=1S/C11H19ClN2O3S/c1-3-14(18(2,15)16)8-4-7-13-9-10-5-6-11(12)17-10/h5-6,13H,3-4,7-9H2,1-2H3. The summed E-state index contributed by atoms with van der Waals surface area (Å²) in [6.07, 6.45) is 1.99. The molecule has 1 N–H and O–H groups in total.